The van der Waals surface area contributed by atoms with Crippen molar-refractivity contribution in [2.75, 3.05) is 12.3 Å². The van der Waals surface area contributed by atoms with Gasteiger partial charge in [-0.2, -0.15) is 0 Å². The molecule has 2 aliphatic carbocycles. The van der Waals surface area contributed by atoms with E-state index in [0.29, 0.717) is 5.92 Å². The number of aliphatic hydroxyl groups is 1. The van der Waals surface area contributed by atoms with Crippen molar-refractivity contribution in [3.8, 4) is 0 Å². The Labute approximate surface area is 126 Å². The molecule has 3 heteroatoms. The van der Waals surface area contributed by atoms with Crippen molar-refractivity contribution in [3.63, 3.8) is 0 Å². The first-order chi connectivity index (χ1) is 10.1. The monoisotopic (exact) mass is 287 g/mol. The summed E-state index contributed by atoms with van der Waals surface area (Å²) < 4.78 is 6.14. The molecule has 21 heavy (non-hydrogen) atoms. The first-order valence-electron chi connectivity index (χ1n) is 8.37. The molecule has 1 aromatic rings. The number of nitrogen functional groups attached to an aromatic ring is 1. The lowest BCUT2D eigenvalue weighted by Crippen LogP contribution is -2.45. The molecule has 1 aliphatic heterocycles. The Morgan fingerprint density at radius 3 is 2.81 bits per heavy atom. The number of hydrogen-bond donors (Lipinski definition) is 2. The maximum Gasteiger partial charge on any atom is 0.0932 e. The summed E-state index contributed by atoms with van der Waals surface area (Å²) in [5, 5.41) is 11.4. The molecule has 0 aromatic heterocycles. The second-order valence-corrected chi connectivity index (χ2v) is 7.27. The van der Waals surface area contributed by atoms with Crippen LogP contribution in [0.1, 0.15) is 56.1 Å². The van der Waals surface area contributed by atoms with Gasteiger partial charge in [0.1, 0.15) is 0 Å². The van der Waals surface area contributed by atoms with E-state index >= 15 is 0 Å². The highest BCUT2D eigenvalue weighted by Gasteiger charge is 2.49. The Morgan fingerprint density at radius 1 is 1.19 bits per heavy atom. The average molecular weight is 287 g/mol. The van der Waals surface area contributed by atoms with E-state index in [1.807, 2.05) is 12.1 Å². The summed E-state index contributed by atoms with van der Waals surface area (Å²) in [6.45, 7) is 0.803. The van der Waals surface area contributed by atoms with E-state index in [4.69, 9.17) is 10.5 Å². The van der Waals surface area contributed by atoms with Gasteiger partial charge >= 0.3 is 0 Å². The highest BCUT2D eigenvalue weighted by molar-refractivity contribution is 5.49. The lowest BCUT2D eigenvalue weighted by molar-refractivity contribution is -0.143. The van der Waals surface area contributed by atoms with Gasteiger partial charge in [0.25, 0.3) is 0 Å². The normalized spacial score (nSPS) is 34.2. The predicted molar refractivity (Wildman–Crippen MR) is 82.9 cm³/mol. The van der Waals surface area contributed by atoms with Crippen LogP contribution in [0.25, 0.3) is 0 Å². The molecule has 114 valence electrons. The fourth-order valence-corrected chi connectivity index (χ4v) is 4.93. The fourth-order valence-electron chi connectivity index (χ4n) is 4.93. The third-order valence-electron chi connectivity index (χ3n) is 6.05. The highest BCUT2D eigenvalue weighted by Crippen LogP contribution is 2.51. The summed E-state index contributed by atoms with van der Waals surface area (Å²) in [5.74, 6) is 0.328. The smallest absolute Gasteiger partial charge is 0.0932 e. The molecule has 1 saturated carbocycles. The Bertz CT molecular complexity index is 550. The van der Waals surface area contributed by atoms with Crippen molar-refractivity contribution in [1.29, 1.82) is 0 Å². The summed E-state index contributed by atoms with van der Waals surface area (Å²) in [5.41, 5.74) is 8.46. The molecule has 2 unspecified atom stereocenters. The minimum atomic E-state index is -0.664. The van der Waals surface area contributed by atoms with E-state index in [0.717, 1.165) is 43.5 Å². The van der Waals surface area contributed by atoms with Crippen LogP contribution in [-0.2, 0) is 16.8 Å². The number of nitrogens with two attached hydrogens (primary N) is 1. The van der Waals surface area contributed by atoms with Crippen molar-refractivity contribution < 1.29 is 9.84 Å². The van der Waals surface area contributed by atoms with Gasteiger partial charge in [0.15, 0.2) is 0 Å². The largest absolute Gasteiger partial charge is 0.399 e. The number of fused-ring (bicyclic) bond motifs is 1. The first-order valence-corrected chi connectivity index (χ1v) is 8.37. The van der Waals surface area contributed by atoms with Crippen LogP contribution in [0.4, 0.5) is 5.69 Å². The van der Waals surface area contributed by atoms with Crippen molar-refractivity contribution in [1.82, 2.24) is 0 Å². The molecule has 0 amide bonds. The standard InChI is InChI=1S/C18H25NO2/c19-15-3-4-16-13(11-15)5-9-18(16,20)14-6-10-21-17(12-14)7-1-2-8-17/h3-4,11,14,20H,1-2,5-10,12,19H2. The van der Waals surface area contributed by atoms with Gasteiger partial charge in [-0.1, -0.05) is 18.9 Å². The molecule has 1 saturated heterocycles. The molecule has 4 rings (SSSR count). The van der Waals surface area contributed by atoms with E-state index < -0.39 is 5.60 Å². The molecule has 1 spiro atoms. The van der Waals surface area contributed by atoms with Crippen molar-refractivity contribution in [2.45, 2.75) is 62.6 Å². The zero-order valence-electron chi connectivity index (χ0n) is 12.6. The van der Waals surface area contributed by atoms with Gasteiger partial charge in [0.05, 0.1) is 11.2 Å². The third-order valence-corrected chi connectivity index (χ3v) is 6.05. The van der Waals surface area contributed by atoms with Crippen LogP contribution < -0.4 is 5.73 Å². The molecule has 3 aliphatic rings. The zero-order valence-corrected chi connectivity index (χ0v) is 12.6. The van der Waals surface area contributed by atoms with E-state index in [-0.39, 0.29) is 5.60 Å². The number of anilines is 1. The number of benzene rings is 1. The highest BCUT2D eigenvalue weighted by atomic mass is 16.5. The van der Waals surface area contributed by atoms with Crippen molar-refractivity contribution >= 4 is 5.69 Å². The number of rotatable bonds is 1. The topological polar surface area (TPSA) is 55.5 Å². The Kier molecular flexibility index (Phi) is 3.05. The van der Waals surface area contributed by atoms with Gasteiger partial charge in [0.2, 0.25) is 0 Å². The van der Waals surface area contributed by atoms with Crippen molar-refractivity contribution in [3.05, 3.63) is 29.3 Å². The zero-order chi connectivity index (χ0) is 14.5. The fraction of sp³-hybridized carbons (Fsp3) is 0.667. The van der Waals surface area contributed by atoms with E-state index in [9.17, 15) is 5.11 Å². The van der Waals surface area contributed by atoms with E-state index in [2.05, 4.69) is 6.07 Å². The SMILES string of the molecule is Nc1ccc2c(c1)CCC2(O)C1CCOC2(CCCC2)C1. The molecular weight excluding hydrogens is 262 g/mol. The molecule has 0 bridgehead atoms. The molecule has 1 aromatic carbocycles. The Morgan fingerprint density at radius 2 is 2.00 bits per heavy atom. The molecule has 0 radical (unpaired) electrons. The second kappa shape index (κ2) is 4.72. The summed E-state index contributed by atoms with van der Waals surface area (Å²) >= 11 is 0. The summed E-state index contributed by atoms with van der Waals surface area (Å²) in [6.07, 6.45) is 8.68. The molecule has 2 atom stereocenters. The molecule has 3 nitrogen and oxygen atoms in total. The van der Waals surface area contributed by atoms with Crippen LogP contribution in [-0.4, -0.2) is 17.3 Å². The number of ether oxygens (including phenoxy) is 1. The van der Waals surface area contributed by atoms with Crippen molar-refractivity contribution in [2.24, 2.45) is 5.92 Å². The molecule has 1 heterocycles. The lowest BCUT2D eigenvalue weighted by Gasteiger charge is -2.44. The van der Waals surface area contributed by atoms with Crippen LogP contribution in [0.15, 0.2) is 18.2 Å². The van der Waals surface area contributed by atoms with Gasteiger partial charge in [-0.3, -0.25) is 0 Å². The second-order valence-electron chi connectivity index (χ2n) is 7.27. The summed E-state index contributed by atoms with van der Waals surface area (Å²) in [6, 6.07) is 6.02. The van der Waals surface area contributed by atoms with Gasteiger partial charge in [-0.15, -0.1) is 0 Å². The van der Waals surface area contributed by atoms with Crippen LogP contribution >= 0.6 is 0 Å². The molecule has 2 fully saturated rings. The summed E-state index contributed by atoms with van der Waals surface area (Å²) in [4.78, 5) is 0. The average Bonchev–Trinajstić information content (AvgIpc) is 3.05. The van der Waals surface area contributed by atoms with Crippen LogP contribution in [0, 0.1) is 5.92 Å². The number of hydrogen-bond acceptors (Lipinski definition) is 3. The van der Waals surface area contributed by atoms with Gasteiger partial charge in [-0.05, 0) is 67.7 Å². The quantitative estimate of drug-likeness (QED) is 0.780. The van der Waals surface area contributed by atoms with Crippen LogP contribution in [0.5, 0.6) is 0 Å². The third kappa shape index (κ3) is 2.09. The first kappa shape index (κ1) is 13.6. The molecule has 3 N–H and O–H groups in total. The minimum Gasteiger partial charge on any atom is -0.399 e. The minimum absolute atomic E-state index is 0.0647. The van der Waals surface area contributed by atoms with Gasteiger partial charge < -0.3 is 15.6 Å². The van der Waals surface area contributed by atoms with Gasteiger partial charge in [-0.25, -0.2) is 0 Å². The van der Waals surface area contributed by atoms with Crippen LogP contribution in [0.3, 0.4) is 0 Å². The maximum absolute atomic E-state index is 11.4. The van der Waals surface area contributed by atoms with E-state index in [1.165, 1.54) is 31.2 Å². The Balaban J connectivity index is 1.64. The molecular formula is C18H25NO2. The predicted octanol–water partition coefficient (Wildman–Crippen LogP) is 3.14. The Hall–Kier alpha value is -1.06. The summed E-state index contributed by atoms with van der Waals surface area (Å²) in [7, 11) is 0. The maximum atomic E-state index is 11.4. The van der Waals surface area contributed by atoms with Crippen LogP contribution in [0.2, 0.25) is 0 Å². The lowest BCUT2D eigenvalue weighted by atomic mass is 9.72. The number of aryl methyl sites for hydroxylation is 1. The van der Waals surface area contributed by atoms with Gasteiger partial charge in [0, 0.05) is 12.3 Å². The van der Waals surface area contributed by atoms with E-state index in [1.54, 1.807) is 0 Å².